The quantitative estimate of drug-likeness (QED) is 0.306. The Morgan fingerprint density at radius 3 is 2.53 bits per heavy atom. The van der Waals surface area contributed by atoms with Crippen LogP contribution < -0.4 is 20.7 Å². The van der Waals surface area contributed by atoms with Gasteiger partial charge in [0, 0.05) is 81.1 Å². The van der Waals surface area contributed by atoms with Crippen molar-refractivity contribution in [2.45, 2.75) is 45.9 Å². The van der Waals surface area contributed by atoms with Crippen molar-refractivity contribution in [2.75, 3.05) is 61.1 Å². The number of hydrogen-bond donors (Lipinski definition) is 2. The van der Waals surface area contributed by atoms with E-state index in [-0.39, 0.29) is 22.5 Å². The van der Waals surface area contributed by atoms with Gasteiger partial charge in [0.25, 0.3) is 11.5 Å². The number of rotatable bonds is 7. The molecule has 0 unspecified atom stereocenters. The predicted molar refractivity (Wildman–Crippen MR) is 184 cm³/mol. The highest BCUT2D eigenvalue weighted by Gasteiger charge is 2.41. The Morgan fingerprint density at radius 1 is 1.04 bits per heavy atom. The van der Waals surface area contributed by atoms with Gasteiger partial charge in [0.15, 0.2) is 5.82 Å². The number of halogens is 1. The summed E-state index contributed by atoms with van der Waals surface area (Å²) in [6, 6.07) is 7.89. The van der Waals surface area contributed by atoms with Crippen LogP contribution in [0.2, 0.25) is 0 Å². The molecule has 12 nitrogen and oxygen atoms in total. The summed E-state index contributed by atoms with van der Waals surface area (Å²) in [5.74, 6) is 0.253. The molecule has 0 radical (unpaired) electrons. The standard InChI is InChI=1S/C36H41FN8O4/c1-36(2)15-26-29(16-36)44-12-13-45(35(48)32(44)31(26)37)33-27(19-46)25(6-7-38-33)22-14-28(34(47)41(3)18-22)40-23-4-5-30(39-17-23)43-10-8-42(9-11-43)24-20-49-21-24/h4-7,14,17-18,24,40,46H,8-13,15-16,19-21H2,1-3H3. The number of ether oxygens (including phenoxy) is 1. The van der Waals surface area contributed by atoms with Crippen LogP contribution in [0.25, 0.3) is 11.1 Å². The summed E-state index contributed by atoms with van der Waals surface area (Å²) in [7, 11) is 1.67. The van der Waals surface area contributed by atoms with Crippen LogP contribution in [0.3, 0.4) is 0 Å². The van der Waals surface area contributed by atoms with Crippen LogP contribution in [-0.2, 0) is 37.8 Å². The van der Waals surface area contributed by atoms with Crippen molar-refractivity contribution in [1.82, 2.24) is 24.0 Å². The Morgan fingerprint density at radius 2 is 1.84 bits per heavy atom. The highest BCUT2D eigenvalue weighted by molar-refractivity contribution is 6.06. The highest BCUT2D eigenvalue weighted by atomic mass is 19.1. The zero-order valence-electron chi connectivity index (χ0n) is 28.1. The van der Waals surface area contributed by atoms with Crippen LogP contribution in [-0.4, -0.2) is 87.0 Å². The molecule has 8 rings (SSSR count). The van der Waals surface area contributed by atoms with Crippen molar-refractivity contribution in [3.63, 3.8) is 0 Å². The molecular weight excluding hydrogens is 627 g/mol. The molecule has 1 aliphatic carbocycles. The van der Waals surface area contributed by atoms with Gasteiger partial charge in [0.1, 0.15) is 23.0 Å². The van der Waals surface area contributed by atoms with Crippen LogP contribution in [0.5, 0.6) is 0 Å². The molecule has 1 amide bonds. The third kappa shape index (κ3) is 5.49. The summed E-state index contributed by atoms with van der Waals surface area (Å²) in [6.07, 6.45) is 6.31. The lowest BCUT2D eigenvalue weighted by atomic mass is 9.90. The van der Waals surface area contributed by atoms with Crippen LogP contribution >= 0.6 is 0 Å². The van der Waals surface area contributed by atoms with E-state index in [1.165, 1.54) is 9.47 Å². The van der Waals surface area contributed by atoms with Crippen molar-refractivity contribution in [3.8, 4) is 11.1 Å². The van der Waals surface area contributed by atoms with Crippen molar-refractivity contribution in [1.29, 1.82) is 0 Å². The predicted octanol–water partition coefficient (Wildman–Crippen LogP) is 3.32. The van der Waals surface area contributed by atoms with Gasteiger partial charge < -0.3 is 29.2 Å². The van der Waals surface area contributed by atoms with E-state index in [0.717, 1.165) is 57.3 Å². The number of carbonyl (C=O) groups excluding carboxylic acids is 1. The first kappa shape index (κ1) is 31.7. The number of nitrogens with zero attached hydrogens (tertiary/aromatic N) is 7. The molecule has 0 saturated carbocycles. The molecule has 4 aliphatic rings. The molecule has 4 aromatic rings. The monoisotopic (exact) mass is 668 g/mol. The molecule has 0 bridgehead atoms. The molecule has 49 heavy (non-hydrogen) atoms. The number of aliphatic hydroxyl groups is 1. The van der Waals surface area contributed by atoms with E-state index in [2.05, 4.69) is 38.9 Å². The number of pyridine rings is 3. The van der Waals surface area contributed by atoms with Crippen molar-refractivity contribution >= 4 is 28.9 Å². The third-order valence-corrected chi connectivity index (χ3v) is 10.5. The van der Waals surface area contributed by atoms with E-state index in [0.29, 0.717) is 59.2 Å². The summed E-state index contributed by atoms with van der Waals surface area (Å²) in [5, 5.41) is 13.9. The van der Waals surface area contributed by atoms with Crippen LogP contribution in [0.4, 0.5) is 27.4 Å². The molecule has 0 atom stereocenters. The maximum absolute atomic E-state index is 15.7. The largest absolute Gasteiger partial charge is 0.392 e. The summed E-state index contributed by atoms with van der Waals surface area (Å²) >= 11 is 0. The lowest BCUT2D eigenvalue weighted by Gasteiger charge is -2.42. The number of carbonyl (C=O) groups is 1. The lowest BCUT2D eigenvalue weighted by Crippen LogP contribution is -2.56. The Kier molecular flexibility index (Phi) is 7.80. The fourth-order valence-corrected chi connectivity index (χ4v) is 7.79. The second-order valence-electron chi connectivity index (χ2n) is 14.3. The molecule has 7 heterocycles. The Labute approximate surface area is 283 Å². The maximum Gasteiger partial charge on any atom is 0.279 e. The van der Waals surface area contributed by atoms with E-state index in [9.17, 15) is 14.7 Å². The lowest BCUT2D eigenvalue weighted by molar-refractivity contribution is -0.0661. The average molecular weight is 669 g/mol. The fraction of sp³-hybridized carbons (Fsp3) is 0.444. The topological polar surface area (TPSA) is 121 Å². The Bertz CT molecular complexity index is 1990. The zero-order valence-corrected chi connectivity index (χ0v) is 28.1. The SMILES string of the molecule is Cn1cc(-c2ccnc(N3CCn4c5c(c(F)c4C3=O)CC(C)(C)C5)c2CO)cc(Nc2ccc(N3CCN(C4COC4)CC3)nc2)c1=O. The second-order valence-corrected chi connectivity index (χ2v) is 14.3. The Hall–Kier alpha value is -4.59. The molecule has 2 fully saturated rings. The smallest absolute Gasteiger partial charge is 0.279 e. The number of aromatic nitrogens is 4. The summed E-state index contributed by atoms with van der Waals surface area (Å²) in [4.78, 5) is 42.5. The van der Waals surface area contributed by atoms with Gasteiger partial charge in [0.05, 0.1) is 37.7 Å². The number of anilines is 4. The van der Waals surface area contributed by atoms with Crippen LogP contribution in [0.1, 0.15) is 41.2 Å². The molecule has 3 aliphatic heterocycles. The highest BCUT2D eigenvalue weighted by Crippen LogP contribution is 2.42. The van der Waals surface area contributed by atoms with Crippen molar-refractivity contribution < 1.29 is 19.0 Å². The fourth-order valence-electron chi connectivity index (χ4n) is 7.79. The number of nitrogens with one attached hydrogen (secondary N) is 1. The van der Waals surface area contributed by atoms with E-state index in [1.54, 1.807) is 37.8 Å². The summed E-state index contributed by atoms with van der Waals surface area (Å²) in [5.41, 5.74) is 4.01. The van der Waals surface area contributed by atoms with Gasteiger partial charge in [-0.25, -0.2) is 14.4 Å². The van der Waals surface area contributed by atoms with E-state index < -0.39 is 18.3 Å². The molecule has 4 aromatic heterocycles. The zero-order chi connectivity index (χ0) is 34.0. The molecule has 13 heteroatoms. The molecule has 0 spiro atoms. The number of fused-ring (bicyclic) bond motifs is 3. The number of aryl methyl sites for hydroxylation is 1. The normalized spacial score (nSPS) is 19.2. The van der Waals surface area contributed by atoms with Crippen molar-refractivity contribution in [3.05, 3.63) is 81.5 Å². The molecular formula is C36H41FN8O4. The third-order valence-electron chi connectivity index (χ3n) is 10.5. The molecule has 0 aromatic carbocycles. The van der Waals surface area contributed by atoms with Crippen LogP contribution in [0.15, 0.2) is 47.7 Å². The number of piperazine rings is 1. The van der Waals surface area contributed by atoms with Gasteiger partial charge in [-0.2, -0.15) is 0 Å². The van der Waals surface area contributed by atoms with Gasteiger partial charge in [-0.15, -0.1) is 0 Å². The van der Waals surface area contributed by atoms with Gasteiger partial charge >= 0.3 is 0 Å². The van der Waals surface area contributed by atoms with Gasteiger partial charge in [-0.1, -0.05) is 13.8 Å². The van der Waals surface area contributed by atoms with E-state index in [1.807, 2.05) is 16.7 Å². The number of amides is 1. The van der Waals surface area contributed by atoms with E-state index >= 15 is 4.39 Å². The molecule has 256 valence electrons. The first-order chi connectivity index (χ1) is 23.6. The minimum absolute atomic E-state index is 0.0432. The first-order valence-corrected chi connectivity index (χ1v) is 16.9. The first-order valence-electron chi connectivity index (χ1n) is 16.9. The molecule has 2 saturated heterocycles. The summed E-state index contributed by atoms with van der Waals surface area (Å²) in [6.45, 7) is 9.92. The van der Waals surface area contributed by atoms with Gasteiger partial charge in [0.2, 0.25) is 0 Å². The average Bonchev–Trinajstić information content (AvgIpc) is 3.53. The maximum atomic E-state index is 15.7. The number of hydrogen-bond acceptors (Lipinski definition) is 9. The van der Waals surface area contributed by atoms with Gasteiger partial charge in [-0.3, -0.25) is 19.4 Å². The summed E-state index contributed by atoms with van der Waals surface area (Å²) < 4.78 is 24.4. The Balaban J connectivity index is 1.04. The van der Waals surface area contributed by atoms with Crippen LogP contribution in [0, 0.1) is 11.2 Å². The second kappa shape index (κ2) is 12.1. The van der Waals surface area contributed by atoms with Gasteiger partial charge in [-0.05, 0) is 48.1 Å². The van der Waals surface area contributed by atoms with E-state index in [4.69, 9.17) is 4.74 Å². The van der Waals surface area contributed by atoms with Crippen molar-refractivity contribution in [2.24, 2.45) is 12.5 Å². The molecule has 2 N–H and O–H groups in total. The minimum atomic E-state index is -0.469. The minimum Gasteiger partial charge on any atom is -0.392 e. The number of aliphatic hydroxyl groups excluding tert-OH is 1.